The number of hydrogen-bond donors (Lipinski definition) is 2. The van der Waals surface area contributed by atoms with Gasteiger partial charge in [-0.3, -0.25) is 4.79 Å². The maximum Gasteiger partial charge on any atom is 0.225 e. The summed E-state index contributed by atoms with van der Waals surface area (Å²) in [4.78, 5) is 12.0. The summed E-state index contributed by atoms with van der Waals surface area (Å²) in [5.41, 5.74) is 0.270. The molecule has 2 fully saturated rings. The number of amides is 1. The van der Waals surface area contributed by atoms with Crippen LogP contribution in [0.2, 0.25) is 0 Å². The minimum Gasteiger partial charge on any atom is -0.378 e. The molecule has 2 heterocycles. The molecule has 1 amide bonds. The van der Waals surface area contributed by atoms with Crippen LogP contribution in [-0.4, -0.2) is 38.3 Å². The van der Waals surface area contributed by atoms with Crippen LogP contribution in [0.15, 0.2) is 0 Å². The van der Waals surface area contributed by atoms with Crippen LogP contribution in [0.25, 0.3) is 0 Å². The molecule has 17 heavy (non-hydrogen) atoms. The second-order valence-electron chi connectivity index (χ2n) is 5.86. The van der Waals surface area contributed by atoms with Crippen molar-refractivity contribution < 1.29 is 9.53 Å². The van der Waals surface area contributed by atoms with E-state index in [9.17, 15) is 4.79 Å². The maximum absolute atomic E-state index is 12.0. The zero-order valence-electron chi connectivity index (χ0n) is 10.9. The summed E-state index contributed by atoms with van der Waals surface area (Å²) in [5, 5.41) is 6.46. The highest BCUT2D eigenvalue weighted by molar-refractivity contribution is 5.79. The standard InChI is InChI=1S/C13H24N2O2/c1-10-7-11(8-17-10)12(16)15-9-13(2)3-5-14-6-4-13/h10-11,14H,3-9H2,1-2H3,(H,15,16). The third-order valence-corrected chi connectivity index (χ3v) is 4.07. The van der Waals surface area contributed by atoms with Gasteiger partial charge < -0.3 is 15.4 Å². The second kappa shape index (κ2) is 5.36. The van der Waals surface area contributed by atoms with Crippen molar-refractivity contribution in [1.29, 1.82) is 0 Å². The van der Waals surface area contributed by atoms with Crippen LogP contribution in [0.5, 0.6) is 0 Å². The summed E-state index contributed by atoms with van der Waals surface area (Å²) in [7, 11) is 0. The smallest absolute Gasteiger partial charge is 0.225 e. The molecule has 0 aliphatic carbocycles. The average molecular weight is 240 g/mol. The van der Waals surface area contributed by atoms with Gasteiger partial charge in [-0.2, -0.15) is 0 Å². The molecular weight excluding hydrogens is 216 g/mol. The van der Waals surface area contributed by atoms with Crippen LogP contribution in [0.3, 0.4) is 0 Å². The molecule has 2 rings (SSSR count). The fourth-order valence-corrected chi connectivity index (χ4v) is 2.65. The topological polar surface area (TPSA) is 50.4 Å². The predicted octanol–water partition coefficient (Wildman–Crippen LogP) is 0.917. The highest BCUT2D eigenvalue weighted by atomic mass is 16.5. The lowest BCUT2D eigenvalue weighted by atomic mass is 9.81. The maximum atomic E-state index is 12.0. The summed E-state index contributed by atoms with van der Waals surface area (Å²) < 4.78 is 5.43. The minimum absolute atomic E-state index is 0.0651. The molecule has 0 radical (unpaired) electrons. The Hall–Kier alpha value is -0.610. The zero-order chi connectivity index (χ0) is 12.3. The van der Waals surface area contributed by atoms with E-state index in [1.165, 1.54) is 0 Å². The molecule has 0 aromatic carbocycles. The molecule has 2 unspecified atom stereocenters. The summed E-state index contributed by atoms with van der Waals surface area (Å²) in [5.74, 6) is 0.240. The lowest BCUT2D eigenvalue weighted by Gasteiger charge is -2.34. The highest BCUT2D eigenvalue weighted by Crippen LogP contribution is 2.27. The SMILES string of the molecule is CC1CC(C(=O)NCC2(C)CCNCC2)CO1. The van der Waals surface area contributed by atoms with E-state index in [0.29, 0.717) is 6.61 Å². The van der Waals surface area contributed by atoms with E-state index in [2.05, 4.69) is 17.6 Å². The van der Waals surface area contributed by atoms with Gasteiger partial charge in [0.25, 0.3) is 0 Å². The van der Waals surface area contributed by atoms with Crippen molar-refractivity contribution in [3.8, 4) is 0 Å². The van der Waals surface area contributed by atoms with E-state index in [1.807, 2.05) is 6.92 Å². The van der Waals surface area contributed by atoms with Gasteiger partial charge in [0, 0.05) is 6.54 Å². The Bertz CT molecular complexity index is 275. The molecule has 0 aromatic rings. The summed E-state index contributed by atoms with van der Waals surface area (Å²) in [6.07, 6.45) is 3.39. The molecule has 98 valence electrons. The van der Waals surface area contributed by atoms with Crippen LogP contribution in [0.1, 0.15) is 33.1 Å². The Labute approximate surface area is 103 Å². The fraction of sp³-hybridized carbons (Fsp3) is 0.923. The van der Waals surface area contributed by atoms with E-state index >= 15 is 0 Å². The molecule has 2 N–H and O–H groups in total. The van der Waals surface area contributed by atoms with Gasteiger partial charge >= 0.3 is 0 Å². The number of nitrogens with one attached hydrogen (secondary N) is 2. The third kappa shape index (κ3) is 3.42. The molecule has 2 aliphatic heterocycles. The van der Waals surface area contributed by atoms with Crippen LogP contribution < -0.4 is 10.6 Å². The highest BCUT2D eigenvalue weighted by Gasteiger charge is 2.31. The quantitative estimate of drug-likeness (QED) is 0.771. The lowest BCUT2D eigenvalue weighted by Crippen LogP contribution is -2.44. The molecule has 2 aliphatic rings. The molecule has 4 heteroatoms. The largest absolute Gasteiger partial charge is 0.378 e. The molecular formula is C13H24N2O2. The summed E-state index contributed by atoms with van der Waals surface area (Å²) in [6.45, 7) is 7.82. The number of carbonyl (C=O) groups excluding carboxylic acids is 1. The van der Waals surface area contributed by atoms with Gasteiger partial charge in [0.15, 0.2) is 0 Å². The Morgan fingerprint density at radius 2 is 2.18 bits per heavy atom. The van der Waals surface area contributed by atoms with Crippen LogP contribution >= 0.6 is 0 Å². The first-order chi connectivity index (χ1) is 8.09. The Balaban J connectivity index is 1.75. The van der Waals surface area contributed by atoms with Gasteiger partial charge in [0.1, 0.15) is 0 Å². The first-order valence-corrected chi connectivity index (χ1v) is 6.69. The number of carbonyl (C=O) groups is 1. The number of hydrogen-bond acceptors (Lipinski definition) is 3. The Morgan fingerprint density at radius 3 is 2.76 bits per heavy atom. The van der Waals surface area contributed by atoms with Crippen LogP contribution in [-0.2, 0) is 9.53 Å². The Morgan fingerprint density at radius 1 is 1.47 bits per heavy atom. The van der Waals surface area contributed by atoms with Gasteiger partial charge in [-0.15, -0.1) is 0 Å². The molecule has 0 aromatic heterocycles. The third-order valence-electron chi connectivity index (χ3n) is 4.07. The fourth-order valence-electron chi connectivity index (χ4n) is 2.65. The number of piperidine rings is 1. The van der Waals surface area contributed by atoms with E-state index < -0.39 is 0 Å². The van der Waals surface area contributed by atoms with Crippen molar-refractivity contribution in [2.24, 2.45) is 11.3 Å². The van der Waals surface area contributed by atoms with Crippen LogP contribution in [0, 0.1) is 11.3 Å². The van der Waals surface area contributed by atoms with E-state index in [-0.39, 0.29) is 23.3 Å². The Kier molecular flexibility index (Phi) is 4.05. The summed E-state index contributed by atoms with van der Waals surface area (Å²) in [6, 6.07) is 0. The van der Waals surface area contributed by atoms with E-state index in [0.717, 1.165) is 38.9 Å². The second-order valence-corrected chi connectivity index (χ2v) is 5.86. The predicted molar refractivity (Wildman–Crippen MR) is 66.7 cm³/mol. The normalized spacial score (nSPS) is 32.4. The molecule has 4 nitrogen and oxygen atoms in total. The van der Waals surface area contributed by atoms with Crippen molar-refractivity contribution in [2.45, 2.75) is 39.2 Å². The van der Waals surface area contributed by atoms with E-state index in [1.54, 1.807) is 0 Å². The van der Waals surface area contributed by atoms with Gasteiger partial charge in [0.2, 0.25) is 5.91 Å². The van der Waals surface area contributed by atoms with Crippen molar-refractivity contribution in [3.05, 3.63) is 0 Å². The first-order valence-electron chi connectivity index (χ1n) is 6.69. The molecule has 0 saturated carbocycles. The monoisotopic (exact) mass is 240 g/mol. The average Bonchev–Trinajstić information content (AvgIpc) is 2.74. The van der Waals surface area contributed by atoms with Gasteiger partial charge in [0.05, 0.1) is 18.6 Å². The van der Waals surface area contributed by atoms with Crippen molar-refractivity contribution in [3.63, 3.8) is 0 Å². The van der Waals surface area contributed by atoms with Gasteiger partial charge in [-0.1, -0.05) is 6.92 Å². The first kappa shape index (κ1) is 12.8. The molecule has 0 spiro atoms. The van der Waals surface area contributed by atoms with Crippen molar-refractivity contribution >= 4 is 5.91 Å². The molecule has 2 saturated heterocycles. The number of ether oxygens (including phenoxy) is 1. The minimum atomic E-state index is 0.0651. The van der Waals surface area contributed by atoms with E-state index in [4.69, 9.17) is 4.74 Å². The van der Waals surface area contributed by atoms with Gasteiger partial charge in [-0.05, 0) is 44.7 Å². The van der Waals surface area contributed by atoms with Crippen molar-refractivity contribution in [2.75, 3.05) is 26.2 Å². The molecule has 2 atom stereocenters. The number of rotatable bonds is 3. The van der Waals surface area contributed by atoms with Crippen LogP contribution in [0.4, 0.5) is 0 Å². The zero-order valence-corrected chi connectivity index (χ0v) is 10.9. The van der Waals surface area contributed by atoms with Crippen molar-refractivity contribution in [1.82, 2.24) is 10.6 Å². The van der Waals surface area contributed by atoms with Gasteiger partial charge in [-0.25, -0.2) is 0 Å². The summed E-state index contributed by atoms with van der Waals surface area (Å²) >= 11 is 0. The lowest BCUT2D eigenvalue weighted by molar-refractivity contribution is -0.125. The molecule has 0 bridgehead atoms.